The van der Waals surface area contributed by atoms with Gasteiger partial charge < -0.3 is 14.4 Å². The number of sulfonamides is 1. The molecule has 0 aromatic heterocycles. The summed E-state index contributed by atoms with van der Waals surface area (Å²) in [5, 5.41) is 0. The van der Waals surface area contributed by atoms with Crippen LogP contribution in [0, 0.1) is 0 Å². The van der Waals surface area contributed by atoms with Crippen LogP contribution in [0.4, 0.5) is 10.5 Å². The number of rotatable bonds is 4. The predicted molar refractivity (Wildman–Crippen MR) is 87.7 cm³/mol. The Hall–Kier alpha value is -2.74. The molecule has 1 aliphatic heterocycles. The van der Waals surface area contributed by atoms with Gasteiger partial charge in [0.15, 0.2) is 0 Å². The Morgan fingerprint density at radius 2 is 1.96 bits per heavy atom. The van der Waals surface area contributed by atoms with Crippen LogP contribution in [0.3, 0.4) is 0 Å². The monoisotopic (exact) mass is 348 g/mol. The number of anilines is 1. The minimum atomic E-state index is -3.80. The lowest BCUT2D eigenvalue weighted by molar-refractivity contribution is 0.150. The first-order valence-corrected chi connectivity index (χ1v) is 8.61. The van der Waals surface area contributed by atoms with Gasteiger partial charge in [0.25, 0.3) is 10.0 Å². The molecule has 0 spiro atoms. The molecule has 8 heteroatoms. The lowest BCUT2D eigenvalue weighted by Crippen LogP contribution is -2.33. The molecular formula is C16H16N2O5S. The SMILES string of the molecule is COc1ccccc1S(=O)(=O)Nc1ccc2c(c1)CN(C)C(=O)O2. The van der Waals surface area contributed by atoms with Crippen molar-refractivity contribution >= 4 is 21.8 Å². The number of ether oxygens (including phenoxy) is 2. The van der Waals surface area contributed by atoms with Gasteiger partial charge >= 0.3 is 6.09 Å². The standard InChI is InChI=1S/C16H16N2O5S/c1-18-10-11-9-12(7-8-13(11)23-16(18)19)17-24(20,21)15-6-4-3-5-14(15)22-2/h3-9,17H,10H2,1-2H3. The molecule has 1 aliphatic rings. The fraction of sp³-hybridized carbons (Fsp3) is 0.188. The summed E-state index contributed by atoms with van der Waals surface area (Å²) >= 11 is 0. The third-order valence-electron chi connectivity index (χ3n) is 3.59. The van der Waals surface area contributed by atoms with Gasteiger partial charge in [-0.25, -0.2) is 13.2 Å². The van der Waals surface area contributed by atoms with Crippen LogP contribution in [0.5, 0.6) is 11.5 Å². The van der Waals surface area contributed by atoms with Crippen molar-refractivity contribution in [3.8, 4) is 11.5 Å². The summed E-state index contributed by atoms with van der Waals surface area (Å²) in [7, 11) is -0.781. The third kappa shape index (κ3) is 3.00. The van der Waals surface area contributed by atoms with Crippen LogP contribution in [0.2, 0.25) is 0 Å². The van der Waals surface area contributed by atoms with E-state index in [-0.39, 0.29) is 10.6 Å². The Labute approximate surface area is 139 Å². The van der Waals surface area contributed by atoms with Gasteiger partial charge in [0, 0.05) is 18.3 Å². The van der Waals surface area contributed by atoms with Crippen molar-refractivity contribution in [1.29, 1.82) is 0 Å². The first-order valence-electron chi connectivity index (χ1n) is 7.12. The lowest BCUT2D eigenvalue weighted by atomic mass is 10.1. The first-order chi connectivity index (χ1) is 11.4. The van der Waals surface area contributed by atoms with Gasteiger partial charge in [0.1, 0.15) is 16.4 Å². The van der Waals surface area contributed by atoms with Gasteiger partial charge in [-0.3, -0.25) is 4.72 Å². The van der Waals surface area contributed by atoms with Crippen molar-refractivity contribution in [1.82, 2.24) is 4.90 Å². The van der Waals surface area contributed by atoms with Gasteiger partial charge in [0.2, 0.25) is 0 Å². The van der Waals surface area contributed by atoms with Crippen molar-refractivity contribution in [2.24, 2.45) is 0 Å². The molecule has 0 unspecified atom stereocenters. The smallest absolute Gasteiger partial charge is 0.415 e. The molecule has 126 valence electrons. The molecule has 0 saturated heterocycles. The maximum absolute atomic E-state index is 12.6. The number of carbonyl (C=O) groups excluding carboxylic acids is 1. The highest BCUT2D eigenvalue weighted by Gasteiger charge is 2.23. The average Bonchev–Trinajstić information content (AvgIpc) is 2.56. The maximum Gasteiger partial charge on any atom is 0.415 e. The fourth-order valence-electron chi connectivity index (χ4n) is 2.41. The van der Waals surface area contributed by atoms with Gasteiger partial charge in [-0.15, -0.1) is 0 Å². The summed E-state index contributed by atoms with van der Waals surface area (Å²) in [5.41, 5.74) is 1.10. The second-order valence-corrected chi connectivity index (χ2v) is 6.95. The summed E-state index contributed by atoms with van der Waals surface area (Å²) in [6, 6.07) is 11.1. The van der Waals surface area contributed by atoms with Gasteiger partial charge in [0.05, 0.1) is 13.7 Å². The van der Waals surface area contributed by atoms with E-state index in [1.54, 1.807) is 43.4 Å². The number of fused-ring (bicyclic) bond motifs is 1. The van der Waals surface area contributed by atoms with Crippen LogP contribution in [0.25, 0.3) is 0 Å². The summed E-state index contributed by atoms with van der Waals surface area (Å²) in [4.78, 5) is 13.0. The minimum absolute atomic E-state index is 0.0498. The van der Waals surface area contributed by atoms with Crippen LogP contribution in [0.1, 0.15) is 5.56 Å². The van der Waals surface area contributed by atoms with E-state index in [4.69, 9.17) is 9.47 Å². The molecule has 2 aromatic carbocycles. The molecule has 7 nitrogen and oxygen atoms in total. The number of hydrogen-bond acceptors (Lipinski definition) is 5. The van der Waals surface area contributed by atoms with Gasteiger partial charge in [-0.05, 0) is 30.3 Å². The molecule has 0 bridgehead atoms. The second kappa shape index (κ2) is 6.04. The van der Waals surface area contributed by atoms with E-state index in [9.17, 15) is 13.2 Å². The average molecular weight is 348 g/mol. The van der Waals surface area contributed by atoms with Crippen molar-refractivity contribution in [3.05, 3.63) is 48.0 Å². The Morgan fingerprint density at radius 1 is 1.21 bits per heavy atom. The topological polar surface area (TPSA) is 84.9 Å². The van der Waals surface area contributed by atoms with Gasteiger partial charge in [-0.1, -0.05) is 12.1 Å². The molecule has 0 atom stereocenters. The van der Waals surface area contributed by atoms with Crippen molar-refractivity contribution < 1.29 is 22.7 Å². The summed E-state index contributed by atoms with van der Waals surface area (Å²) < 4.78 is 37.9. The largest absolute Gasteiger partial charge is 0.495 e. The molecule has 0 saturated carbocycles. The Kier molecular flexibility index (Phi) is 4.06. The van der Waals surface area contributed by atoms with Crippen LogP contribution >= 0.6 is 0 Å². The Morgan fingerprint density at radius 3 is 2.71 bits per heavy atom. The number of carbonyl (C=O) groups is 1. The molecule has 0 aliphatic carbocycles. The molecule has 0 radical (unpaired) electrons. The van der Waals surface area contributed by atoms with Crippen LogP contribution < -0.4 is 14.2 Å². The van der Waals surface area contributed by atoms with Crippen LogP contribution in [0.15, 0.2) is 47.4 Å². The fourth-order valence-corrected chi connectivity index (χ4v) is 3.63. The number of nitrogens with one attached hydrogen (secondary N) is 1. The number of amides is 1. The van der Waals surface area contributed by atoms with E-state index in [0.29, 0.717) is 18.0 Å². The highest BCUT2D eigenvalue weighted by atomic mass is 32.2. The van der Waals surface area contributed by atoms with Gasteiger partial charge in [-0.2, -0.15) is 0 Å². The highest BCUT2D eigenvalue weighted by Crippen LogP contribution is 2.30. The zero-order chi connectivity index (χ0) is 17.3. The van der Waals surface area contributed by atoms with E-state index in [1.165, 1.54) is 18.1 Å². The lowest BCUT2D eigenvalue weighted by Gasteiger charge is -2.24. The molecular weight excluding hydrogens is 332 g/mol. The van der Waals surface area contributed by atoms with E-state index >= 15 is 0 Å². The molecule has 2 aromatic rings. The summed E-state index contributed by atoms with van der Waals surface area (Å²) in [6.07, 6.45) is -0.440. The van der Waals surface area contributed by atoms with Crippen LogP contribution in [-0.2, 0) is 16.6 Å². The number of para-hydroxylation sites is 1. The molecule has 1 N–H and O–H groups in total. The van der Waals surface area contributed by atoms with E-state index in [0.717, 1.165) is 5.56 Å². The molecule has 1 heterocycles. The number of methoxy groups -OCH3 is 1. The normalized spacial score (nSPS) is 13.9. The van der Waals surface area contributed by atoms with E-state index in [1.807, 2.05) is 0 Å². The number of benzene rings is 2. The Bertz CT molecular complexity index is 895. The van der Waals surface area contributed by atoms with Crippen molar-refractivity contribution in [2.75, 3.05) is 18.9 Å². The first kappa shape index (κ1) is 16.1. The molecule has 3 rings (SSSR count). The Balaban J connectivity index is 1.91. The van der Waals surface area contributed by atoms with Crippen molar-refractivity contribution in [2.45, 2.75) is 11.4 Å². The van der Waals surface area contributed by atoms with Crippen molar-refractivity contribution in [3.63, 3.8) is 0 Å². The summed E-state index contributed by atoms with van der Waals surface area (Å²) in [5.74, 6) is 0.690. The highest BCUT2D eigenvalue weighted by molar-refractivity contribution is 7.92. The number of hydrogen-bond donors (Lipinski definition) is 1. The quantitative estimate of drug-likeness (QED) is 0.917. The summed E-state index contributed by atoms with van der Waals surface area (Å²) in [6.45, 7) is 0.346. The second-order valence-electron chi connectivity index (χ2n) is 5.30. The van der Waals surface area contributed by atoms with Crippen LogP contribution in [-0.4, -0.2) is 33.6 Å². The zero-order valence-corrected chi connectivity index (χ0v) is 14.0. The predicted octanol–water partition coefficient (Wildman–Crippen LogP) is 2.44. The van der Waals surface area contributed by atoms with E-state index in [2.05, 4.69) is 4.72 Å². The molecule has 0 fully saturated rings. The molecule has 1 amide bonds. The maximum atomic E-state index is 12.6. The minimum Gasteiger partial charge on any atom is -0.495 e. The number of nitrogens with zero attached hydrogens (tertiary/aromatic N) is 1. The van der Waals surface area contributed by atoms with E-state index < -0.39 is 16.1 Å². The molecule has 24 heavy (non-hydrogen) atoms. The third-order valence-corrected chi connectivity index (χ3v) is 5.01. The zero-order valence-electron chi connectivity index (χ0n) is 13.1.